The molecule has 1 atom stereocenters. The van der Waals surface area contributed by atoms with Crippen LogP contribution in [0.3, 0.4) is 0 Å². The van der Waals surface area contributed by atoms with Crippen molar-refractivity contribution in [1.82, 2.24) is 15.8 Å². The van der Waals surface area contributed by atoms with Crippen molar-refractivity contribution in [2.24, 2.45) is 0 Å². The number of hydrogen-bond donors (Lipinski definition) is 2. The van der Waals surface area contributed by atoms with Crippen LogP contribution in [0.5, 0.6) is 0 Å². The Morgan fingerprint density at radius 3 is 2.64 bits per heavy atom. The highest BCUT2D eigenvalue weighted by molar-refractivity contribution is 5.83. The zero-order chi connectivity index (χ0) is 9.97. The fraction of sp³-hybridized carbons (Fsp3) is 0.900. The third-order valence-corrected chi connectivity index (χ3v) is 3.12. The molecular weight excluding hydrogens is 178 g/mol. The van der Waals surface area contributed by atoms with Gasteiger partial charge in [-0.3, -0.25) is 10.2 Å². The summed E-state index contributed by atoms with van der Waals surface area (Å²) < 4.78 is 0. The van der Waals surface area contributed by atoms with E-state index in [1.165, 1.54) is 32.1 Å². The number of likely N-dealkylation sites (N-methyl/N-ethyl adjacent to an activating group) is 1. The number of carbonyl (C=O) groups excluding carboxylic acids is 1. The highest BCUT2D eigenvalue weighted by Crippen LogP contribution is 2.18. The van der Waals surface area contributed by atoms with Gasteiger partial charge in [0, 0.05) is 19.6 Å². The molecule has 1 heterocycles. The Labute approximate surface area is 85.0 Å². The molecule has 1 aliphatic heterocycles. The molecule has 0 spiro atoms. The summed E-state index contributed by atoms with van der Waals surface area (Å²) >= 11 is 0. The van der Waals surface area contributed by atoms with E-state index in [1.807, 2.05) is 12.1 Å². The quantitative estimate of drug-likeness (QED) is 0.667. The largest absolute Gasteiger partial charge is 0.302 e. The summed E-state index contributed by atoms with van der Waals surface area (Å²) in [6.45, 7) is 0.787. The Balaban J connectivity index is 1.81. The smallest absolute Gasteiger partial charge is 0.252 e. The first kappa shape index (κ1) is 9.93. The van der Waals surface area contributed by atoms with Gasteiger partial charge in [0.05, 0.1) is 0 Å². The molecule has 1 amide bonds. The third-order valence-electron chi connectivity index (χ3n) is 3.12. The summed E-state index contributed by atoms with van der Waals surface area (Å²) in [6, 6.07) is 0.564. The fourth-order valence-electron chi connectivity index (χ4n) is 2.35. The molecule has 1 aliphatic carbocycles. The van der Waals surface area contributed by atoms with Gasteiger partial charge in [-0.15, -0.1) is 0 Å². The maximum atomic E-state index is 11.4. The topological polar surface area (TPSA) is 44.4 Å². The minimum Gasteiger partial charge on any atom is -0.302 e. The Morgan fingerprint density at radius 1 is 1.36 bits per heavy atom. The summed E-state index contributed by atoms with van der Waals surface area (Å²) in [5.41, 5.74) is 2.79. The predicted octanol–water partition coefficient (Wildman–Crippen LogP) is 0.254. The van der Waals surface area contributed by atoms with E-state index in [0.717, 1.165) is 6.54 Å². The van der Waals surface area contributed by atoms with E-state index in [-0.39, 0.29) is 11.9 Å². The van der Waals surface area contributed by atoms with Crippen LogP contribution in [0.2, 0.25) is 0 Å². The molecule has 1 unspecified atom stereocenters. The van der Waals surface area contributed by atoms with Gasteiger partial charge in [0.1, 0.15) is 6.04 Å². The van der Waals surface area contributed by atoms with Gasteiger partial charge in [-0.2, -0.15) is 0 Å². The average Bonchev–Trinajstić information content (AvgIpc) is 2.47. The molecule has 0 bridgehead atoms. The van der Waals surface area contributed by atoms with Crippen LogP contribution in [0.25, 0.3) is 0 Å². The van der Waals surface area contributed by atoms with Crippen molar-refractivity contribution in [2.75, 3.05) is 13.6 Å². The van der Waals surface area contributed by atoms with Gasteiger partial charge >= 0.3 is 0 Å². The van der Waals surface area contributed by atoms with E-state index in [2.05, 4.69) is 10.7 Å². The van der Waals surface area contributed by atoms with Crippen LogP contribution in [-0.4, -0.2) is 36.6 Å². The molecule has 1 saturated carbocycles. The molecule has 2 rings (SSSR count). The van der Waals surface area contributed by atoms with Gasteiger partial charge in [0.25, 0.3) is 5.91 Å². The van der Waals surface area contributed by atoms with Gasteiger partial charge < -0.3 is 5.32 Å². The lowest BCUT2D eigenvalue weighted by molar-refractivity contribution is -0.122. The third kappa shape index (κ3) is 2.25. The molecule has 14 heavy (non-hydrogen) atoms. The first-order valence-corrected chi connectivity index (χ1v) is 5.53. The summed E-state index contributed by atoms with van der Waals surface area (Å²) in [5, 5.41) is 5.29. The molecule has 2 aliphatic rings. The lowest BCUT2D eigenvalue weighted by Gasteiger charge is -2.24. The van der Waals surface area contributed by atoms with E-state index < -0.39 is 0 Å². The van der Waals surface area contributed by atoms with Crippen molar-refractivity contribution >= 4 is 5.91 Å². The first-order valence-electron chi connectivity index (χ1n) is 5.53. The van der Waals surface area contributed by atoms with Crippen molar-refractivity contribution in [1.29, 1.82) is 0 Å². The Bertz CT molecular complexity index is 213. The molecule has 0 aromatic rings. The van der Waals surface area contributed by atoms with E-state index in [0.29, 0.717) is 6.04 Å². The van der Waals surface area contributed by atoms with Crippen molar-refractivity contribution in [2.45, 2.75) is 44.2 Å². The van der Waals surface area contributed by atoms with Crippen LogP contribution in [-0.2, 0) is 4.79 Å². The summed E-state index contributed by atoms with van der Waals surface area (Å²) in [4.78, 5) is 11.4. The van der Waals surface area contributed by atoms with Crippen LogP contribution < -0.4 is 10.7 Å². The van der Waals surface area contributed by atoms with Crippen molar-refractivity contribution in [3.05, 3.63) is 0 Å². The van der Waals surface area contributed by atoms with Crippen LogP contribution >= 0.6 is 0 Å². The van der Waals surface area contributed by atoms with E-state index in [9.17, 15) is 4.79 Å². The van der Waals surface area contributed by atoms with Crippen molar-refractivity contribution in [3.63, 3.8) is 0 Å². The number of hydrazine groups is 1. The molecular formula is C10H19N3O. The predicted molar refractivity (Wildman–Crippen MR) is 54.6 cm³/mol. The standard InChI is InChI=1S/C10H19N3O/c1-13-7-9(10(14)12-13)11-8-5-3-2-4-6-8/h8-9,11H,2-7H2,1H3,(H,12,14). The maximum absolute atomic E-state index is 11.4. The van der Waals surface area contributed by atoms with E-state index in [1.54, 1.807) is 0 Å². The molecule has 80 valence electrons. The lowest BCUT2D eigenvalue weighted by Crippen LogP contribution is -2.44. The second kappa shape index (κ2) is 4.28. The van der Waals surface area contributed by atoms with Gasteiger partial charge in [0.15, 0.2) is 0 Å². The van der Waals surface area contributed by atoms with Gasteiger partial charge in [-0.05, 0) is 12.8 Å². The summed E-state index contributed by atoms with van der Waals surface area (Å²) in [5.74, 6) is 0.123. The second-order valence-corrected chi connectivity index (χ2v) is 4.41. The van der Waals surface area contributed by atoms with E-state index in [4.69, 9.17) is 0 Å². The average molecular weight is 197 g/mol. The van der Waals surface area contributed by atoms with Gasteiger partial charge in [-0.1, -0.05) is 19.3 Å². The summed E-state index contributed by atoms with van der Waals surface area (Å²) in [7, 11) is 1.90. The van der Waals surface area contributed by atoms with Crippen molar-refractivity contribution in [3.8, 4) is 0 Å². The Morgan fingerprint density at radius 2 is 2.07 bits per heavy atom. The monoisotopic (exact) mass is 197 g/mol. The zero-order valence-corrected chi connectivity index (χ0v) is 8.75. The molecule has 0 aromatic carbocycles. The molecule has 1 saturated heterocycles. The zero-order valence-electron chi connectivity index (χ0n) is 8.75. The number of nitrogens with one attached hydrogen (secondary N) is 2. The number of hydrogen-bond acceptors (Lipinski definition) is 3. The molecule has 4 heteroatoms. The Kier molecular flexibility index (Phi) is 3.03. The minimum atomic E-state index is 0.00287. The van der Waals surface area contributed by atoms with Crippen LogP contribution in [0.15, 0.2) is 0 Å². The van der Waals surface area contributed by atoms with Crippen LogP contribution in [0, 0.1) is 0 Å². The van der Waals surface area contributed by atoms with E-state index >= 15 is 0 Å². The number of carbonyl (C=O) groups is 1. The normalized spacial score (nSPS) is 30.6. The number of amides is 1. The highest BCUT2D eigenvalue weighted by Gasteiger charge is 2.30. The maximum Gasteiger partial charge on any atom is 0.252 e. The highest BCUT2D eigenvalue weighted by atomic mass is 16.2. The van der Waals surface area contributed by atoms with Gasteiger partial charge in [-0.25, -0.2) is 5.01 Å². The SMILES string of the molecule is CN1CC(NC2CCCCC2)C(=O)N1. The van der Waals surface area contributed by atoms with Crippen LogP contribution in [0.1, 0.15) is 32.1 Å². The number of rotatable bonds is 2. The summed E-state index contributed by atoms with van der Waals surface area (Å²) in [6.07, 6.45) is 6.43. The Hall–Kier alpha value is -0.610. The molecule has 0 radical (unpaired) electrons. The van der Waals surface area contributed by atoms with Crippen molar-refractivity contribution < 1.29 is 4.79 Å². The molecule has 0 aromatic heterocycles. The van der Waals surface area contributed by atoms with Crippen LogP contribution in [0.4, 0.5) is 0 Å². The van der Waals surface area contributed by atoms with Gasteiger partial charge in [0.2, 0.25) is 0 Å². The lowest BCUT2D eigenvalue weighted by atomic mass is 9.95. The molecule has 4 nitrogen and oxygen atoms in total. The molecule has 2 N–H and O–H groups in total. The number of nitrogens with zero attached hydrogens (tertiary/aromatic N) is 1. The molecule has 2 fully saturated rings. The second-order valence-electron chi connectivity index (χ2n) is 4.41. The first-order chi connectivity index (χ1) is 6.75. The minimum absolute atomic E-state index is 0.00287. The fourth-order valence-corrected chi connectivity index (χ4v) is 2.35.